The van der Waals surface area contributed by atoms with Crippen molar-refractivity contribution < 1.29 is 37.0 Å². The SMILES string of the molecule is CC(=O)O[C@H]1[C@@H]2O[C@H](c3ccccc3)OC[C@H]2N(C(=O)OCc2ccccc2)C[C@@H]1NS(=O)(=O)c1ccc(C)cc1. The minimum absolute atomic E-state index is 0.0229. The summed E-state index contributed by atoms with van der Waals surface area (Å²) in [5.41, 5.74) is 2.43. The molecule has 1 amide bonds. The molecule has 2 heterocycles. The van der Waals surface area contributed by atoms with Crippen molar-refractivity contribution in [1.29, 1.82) is 0 Å². The van der Waals surface area contributed by atoms with E-state index in [-0.39, 0.29) is 24.7 Å². The van der Waals surface area contributed by atoms with E-state index in [0.29, 0.717) is 0 Å². The lowest BCUT2D eigenvalue weighted by atomic mass is 9.92. The molecule has 0 saturated carbocycles. The Morgan fingerprint density at radius 3 is 2.29 bits per heavy atom. The summed E-state index contributed by atoms with van der Waals surface area (Å²) in [7, 11) is -4.06. The van der Waals surface area contributed by atoms with E-state index in [9.17, 15) is 18.0 Å². The number of esters is 1. The lowest BCUT2D eigenvalue weighted by Crippen LogP contribution is -2.70. The molecule has 41 heavy (non-hydrogen) atoms. The second-order valence-corrected chi connectivity index (χ2v) is 11.8. The molecule has 216 valence electrons. The van der Waals surface area contributed by atoms with Crippen molar-refractivity contribution in [2.75, 3.05) is 13.2 Å². The Bertz CT molecular complexity index is 1450. The number of hydrogen-bond acceptors (Lipinski definition) is 8. The highest BCUT2D eigenvalue weighted by atomic mass is 32.2. The minimum Gasteiger partial charge on any atom is -0.458 e. The van der Waals surface area contributed by atoms with Crippen molar-refractivity contribution >= 4 is 22.1 Å². The standard InChI is InChI=1S/C30H32N2O8S/c1-20-13-15-24(16-14-20)41(35,36)31-25-17-32(30(34)38-18-22-9-5-3-6-10-22)26-19-37-29(23-11-7-4-8-12-23)40-28(26)27(25)39-21(2)33/h3-16,25-29,31H,17-19H2,1-2H3/t25-,26+,27+,28+,29+/m0/s1. The van der Waals surface area contributed by atoms with Gasteiger partial charge in [0, 0.05) is 19.0 Å². The number of piperidine rings is 1. The molecular formula is C30H32N2O8S. The number of likely N-dealkylation sites (tertiary alicyclic amines) is 1. The van der Waals surface area contributed by atoms with Crippen LogP contribution in [0, 0.1) is 6.92 Å². The van der Waals surface area contributed by atoms with Crippen LogP contribution >= 0.6 is 0 Å². The number of carbonyl (C=O) groups excluding carboxylic acids is 2. The Labute approximate surface area is 239 Å². The van der Waals surface area contributed by atoms with Gasteiger partial charge in [-0.2, -0.15) is 0 Å². The predicted octanol–water partition coefficient (Wildman–Crippen LogP) is 3.71. The van der Waals surface area contributed by atoms with Gasteiger partial charge in [0.05, 0.1) is 23.6 Å². The molecular weight excluding hydrogens is 548 g/mol. The Kier molecular flexibility index (Phi) is 8.69. The Morgan fingerprint density at radius 2 is 1.63 bits per heavy atom. The molecule has 10 nitrogen and oxygen atoms in total. The molecule has 0 bridgehead atoms. The van der Waals surface area contributed by atoms with Crippen molar-refractivity contribution in [2.45, 2.75) is 55.9 Å². The van der Waals surface area contributed by atoms with Gasteiger partial charge >= 0.3 is 12.1 Å². The Morgan fingerprint density at radius 1 is 0.976 bits per heavy atom. The van der Waals surface area contributed by atoms with Crippen molar-refractivity contribution in [3.63, 3.8) is 0 Å². The molecule has 2 saturated heterocycles. The smallest absolute Gasteiger partial charge is 0.410 e. The maximum absolute atomic E-state index is 13.4. The van der Waals surface area contributed by atoms with Gasteiger partial charge in [-0.05, 0) is 24.6 Å². The van der Waals surface area contributed by atoms with Crippen molar-refractivity contribution in [3.8, 4) is 0 Å². The third-order valence-electron chi connectivity index (χ3n) is 7.04. The van der Waals surface area contributed by atoms with Gasteiger partial charge in [0.25, 0.3) is 0 Å². The number of nitrogens with one attached hydrogen (secondary N) is 1. The molecule has 2 fully saturated rings. The summed E-state index contributed by atoms with van der Waals surface area (Å²) in [5.74, 6) is -0.611. The molecule has 1 N–H and O–H groups in total. The Hall–Kier alpha value is -3.77. The van der Waals surface area contributed by atoms with Crippen LogP contribution in [0.15, 0.2) is 89.8 Å². The second-order valence-electron chi connectivity index (χ2n) is 10.1. The minimum atomic E-state index is -4.06. The molecule has 2 aliphatic heterocycles. The van der Waals surface area contributed by atoms with Crippen molar-refractivity contribution in [2.24, 2.45) is 0 Å². The summed E-state index contributed by atoms with van der Waals surface area (Å²) >= 11 is 0. The first kappa shape index (κ1) is 28.7. The van der Waals surface area contributed by atoms with Crippen LogP contribution in [0.2, 0.25) is 0 Å². The van der Waals surface area contributed by atoms with Crippen molar-refractivity contribution in [3.05, 3.63) is 102 Å². The number of ether oxygens (including phenoxy) is 4. The fourth-order valence-electron chi connectivity index (χ4n) is 5.02. The van der Waals surface area contributed by atoms with Gasteiger partial charge in [-0.15, -0.1) is 0 Å². The van der Waals surface area contributed by atoms with Crippen LogP contribution in [0.1, 0.15) is 29.9 Å². The van der Waals surface area contributed by atoms with Crippen molar-refractivity contribution in [1.82, 2.24) is 9.62 Å². The zero-order valence-corrected chi connectivity index (χ0v) is 23.5. The summed E-state index contributed by atoms with van der Waals surface area (Å²) < 4.78 is 53.1. The first-order valence-corrected chi connectivity index (χ1v) is 14.7. The fourth-order valence-corrected chi connectivity index (χ4v) is 6.26. The number of aryl methyl sites for hydroxylation is 1. The van der Waals surface area contributed by atoms with Gasteiger partial charge in [0.1, 0.15) is 18.8 Å². The molecule has 0 spiro atoms. The highest BCUT2D eigenvalue weighted by molar-refractivity contribution is 7.89. The summed E-state index contributed by atoms with van der Waals surface area (Å²) in [6, 6.07) is 23.0. The maximum Gasteiger partial charge on any atom is 0.410 e. The lowest BCUT2D eigenvalue weighted by molar-refractivity contribution is -0.276. The number of rotatable bonds is 7. The summed E-state index contributed by atoms with van der Waals surface area (Å²) in [6.45, 7) is 3.04. The second kappa shape index (κ2) is 12.4. The van der Waals surface area contributed by atoms with E-state index in [1.54, 1.807) is 12.1 Å². The summed E-state index contributed by atoms with van der Waals surface area (Å²) in [6.07, 6.45) is -3.45. The number of nitrogens with zero attached hydrogens (tertiary/aromatic N) is 1. The number of benzene rings is 3. The van der Waals surface area contributed by atoms with E-state index < -0.39 is 52.7 Å². The number of fused-ring (bicyclic) bond motifs is 1. The van der Waals surface area contributed by atoms with Crippen LogP contribution in [-0.2, 0) is 40.4 Å². The molecule has 2 aliphatic rings. The van der Waals surface area contributed by atoms with Gasteiger partial charge in [0.15, 0.2) is 6.29 Å². The molecule has 5 atom stereocenters. The predicted molar refractivity (Wildman–Crippen MR) is 148 cm³/mol. The lowest BCUT2D eigenvalue weighted by Gasteiger charge is -2.50. The van der Waals surface area contributed by atoms with E-state index >= 15 is 0 Å². The van der Waals surface area contributed by atoms with Gasteiger partial charge in [-0.3, -0.25) is 9.69 Å². The van der Waals surface area contributed by atoms with E-state index in [1.165, 1.54) is 24.0 Å². The maximum atomic E-state index is 13.4. The molecule has 11 heteroatoms. The van der Waals surface area contributed by atoms with E-state index in [0.717, 1.165) is 16.7 Å². The van der Waals surface area contributed by atoms with Gasteiger partial charge < -0.3 is 18.9 Å². The quantitative estimate of drug-likeness (QED) is 0.420. The fraction of sp³-hybridized carbons (Fsp3) is 0.333. The van der Waals surface area contributed by atoms with Gasteiger partial charge in [-0.25, -0.2) is 17.9 Å². The van der Waals surface area contributed by atoms with Crippen LogP contribution in [0.25, 0.3) is 0 Å². The van der Waals surface area contributed by atoms with E-state index in [2.05, 4.69) is 4.72 Å². The van der Waals surface area contributed by atoms with Crippen LogP contribution in [0.5, 0.6) is 0 Å². The molecule has 0 unspecified atom stereocenters. The summed E-state index contributed by atoms with van der Waals surface area (Å²) in [5, 5.41) is 0. The number of sulfonamides is 1. The third kappa shape index (κ3) is 6.76. The molecule has 0 aliphatic carbocycles. The molecule has 0 aromatic heterocycles. The monoisotopic (exact) mass is 580 g/mol. The van der Waals surface area contributed by atoms with Crippen LogP contribution < -0.4 is 4.72 Å². The highest BCUT2D eigenvalue weighted by Gasteiger charge is 2.52. The normalized spacial score (nSPS) is 24.2. The molecule has 0 radical (unpaired) electrons. The van der Waals surface area contributed by atoms with Crippen LogP contribution in [-0.4, -0.2) is 62.8 Å². The number of amides is 1. The third-order valence-corrected chi connectivity index (χ3v) is 8.55. The first-order valence-electron chi connectivity index (χ1n) is 13.3. The van der Waals surface area contributed by atoms with Crippen LogP contribution in [0.4, 0.5) is 4.79 Å². The number of hydrogen-bond donors (Lipinski definition) is 1. The van der Waals surface area contributed by atoms with E-state index in [4.69, 9.17) is 18.9 Å². The van der Waals surface area contributed by atoms with Crippen LogP contribution in [0.3, 0.4) is 0 Å². The zero-order valence-electron chi connectivity index (χ0n) is 22.7. The molecule has 5 rings (SSSR count). The number of carbonyl (C=O) groups is 2. The van der Waals surface area contributed by atoms with Gasteiger partial charge in [-0.1, -0.05) is 78.4 Å². The Balaban J connectivity index is 1.46. The van der Waals surface area contributed by atoms with Gasteiger partial charge in [0.2, 0.25) is 10.0 Å². The largest absolute Gasteiger partial charge is 0.458 e. The summed E-state index contributed by atoms with van der Waals surface area (Å²) in [4.78, 5) is 27.1. The average Bonchev–Trinajstić information content (AvgIpc) is 2.97. The first-order chi connectivity index (χ1) is 19.7. The average molecular weight is 581 g/mol. The molecule has 3 aromatic carbocycles. The highest BCUT2D eigenvalue weighted by Crippen LogP contribution is 2.35. The topological polar surface area (TPSA) is 120 Å². The molecule has 3 aromatic rings. The zero-order chi connectivity index (χ0) is 29.0. The van der Waals surface area contributed by atoms with E-state index in [1.807, 2.05) is 67.6 Å².